The Morgan fingerprint density at radius 2 is 2.00 bits per heavy atom. The fourth-order valence-corrected chi connectivity index (χ4v) is 1.22. The van der Waals surface area contributed by atoms with Crippen molar-refractivity contribution in [1.29, 1.82) is 0 Å². The van der Waals surface area contributed by atoms with Gasteiger partial charge in [0.1, 0.15) is 0 Å². The molecular formula is C12H18BrN. The van der Waals surface area contributed by atoms with Crippen LogP contribution in [0.5, 0.6) is 0 Å². The minimum absolute atomic E-state index is 0.936. The second-order valence-electron chi connectivity index (χ2n) is 2.95. The van der Waals surface area contributed by atoms with Crippen LogP contribution in [-0.4, -0.2) is 7.05 Å². The molecule has 78 valence electrons. The molecule has 1 aromatic carbocycles. The molecule has 0 radical (unpaired) electrons. The lowest BCUT2D eigenvalue weighted by Gasteiger charge is -2.03. The van der Waals surface area contributed by atoms with Gasteiger partial charge in [-0.2, -0.15) is 0 Å². The third-order valence-corrected chi connectivity index (χ3v) is 1.97. The van der Waals surface area contributed by atoms with Gasteiger partial charge < -0.3 is 5.32 Å². The molecule has 2 heteroatoms. The van der Waals surface area contributed by atoms with E-state index in [2.05, 4.69) is 41.7 Å². The zero-order valence-corrected chi connectivity index (χ0v) is 10.7. The average Bonchev–Trinajstić information content (AvgIpc) is 2.18. The molecule has 0 spiro atoms. The van der Waals surface area contributed by atoms with Gasteiger partial charge in [-0.05, 0) is 17.7 Å². The van der Waals surface area contributed by atoms with Crippen LogP contribution in [0.1, 0.15) is 25.8 Å². The highest BCUT2D eigenvalue weighted by molar-refractivity contribution is 9.10. The van der Waals surface area contributed by atoms with Crippen LogP contribution in [0.2, 0.25) is 0 Å². The molecular weight excluding hydrogens is 238 g/mol. The van der Waals surface area contributed by atoms with E-state index in [0.717, 1.165) is 15.7 Å². The second-order valence-corrected chi connectivity index (χ2v) is 3.86. The van der Waals surface area contributed by atoms with Crippen LogP contribution >= 0.6 is 15.9 Å². The molecule has 1 nitrogen and oxygen atoms in total. The highest BCUT2D eigenvalue weighted by Gasteiger charge is 1.94. The van der Waals surface area contributed by atoms with E-state index in [4.69, 9.17) is 0 Å². The Balaban J connectivity index is 0.000000500. The Bertz CT molecular complexity index is 281. The van der Waals surface area contributed by atoms with Crippen molar-refractivity contribution in [2.45, 2.75) is 20.3 Å². The molecule has 14 heavy (non-hydrogen) atoms. The first-order chi connectivity index (χ1) is 6.65. The molecule has 0 aromatic heterocycles. The molecule has 0 aliphatic carbocycles. The van der Waals surface area contributed by atoms with Crippen molar-refractivity contribution in [3.8, 4) is 0 Å². The molecule has 1 aromatic rings. The fraction of sp³-hybridized carbons (Fsp3) is 0.333. The van der Waals surface area contributed by atoms with Crippen LogP contribution < -0.4 is 5.32 Å². The van der Waals surface area contributed by atoms with Gasteiger partial charge in [-0.25, -0.2) is 0 Å². The second kappa shape index (κ2) is 7.63. The smallest absolute Gasteiger partial charge is 0.0338 e. The normalized spacial score (nSPS) is 8.57. The van der Waals surface area contributed by atoms with Gasteiger partial charge in [0.25, 0.3) is 0 Å². The van der Waals surface area contributed by atoms with Crippen molar-refractivity contribution in [3.05, 3.63) is 40.9 Å². The maximum Gasteiger partial charge on any atom is 0.0338 e. The largest absolute Gasteiger partial charge is 0.388 e. The SMILES string of the molecule is C=C(NC)c1cccc(Br)c1.CCC. The molecule has 0 fully saturated rings. The van der Waals surface area contributed by atoms with Gasteiger partial charge in [-0.1, -0.05) is 54.9 Å². The standard InChI is InChI=1S/C9H10BrN.C3H8/c1-7(11-2)8-4-3-5-9(10)6-8;1-3-2/h3-6,11H,1H2,2H3;3H2,1-2H3. The van der Waals surface area contributed by atoms with E-state index in [1.54, 1.807) is 0 Å². The average molecular weight is 256 g/mol. The Kier molecular flexibility index (Phi) is 7.21. The monoisotopic (exact) mass is 255 g/mol. The summed E-state index contributed by atoms with van der Waals surface area (Å²) in [4.78, 5) is 0. The number of halogens is 1. The van der Waals surface area contributed by atoms with Crippen molar-refractivity contribution in [1.82, 2.24) is 5.32 Å². The van der Waals surface area contributed by atoms with Crippen LogP contribution in [0.3, 0.4) is 0 Å². The van der Waals surface area contributed by atoms with Crippen LogP contribution in [0.25, 0.3) is 5.70 Å². The lowest BCUT2D eigenvalue weighted by atomic mass is 10.2. The lowest BCUT2D eigenvalue weighted by Crippen LogP contribution is -2.02. The summed E-state index contributed by atoms with van der Waals surface area (Å²) in [6.07, 6.45) is 1.25. The van der Waals surface area contributed by atoms with Crippen molar-refractivity contribution in [2.75, 3.05) is 7.05 Å². The number of hydrogen-bond donors (Lipinski definition) is 1. The fourth-order valence-electron chi connectivity index (χ4n) is 0.821. The Morgan fingerprint density at radius 3 is 2.43 bits per heavy atom. The Hall–Kier alpha value is -0.760. The summed E-state index contributed by atoms with van der Waals surface area (Å²) in [7, 11) is 1.86. The van der Waals surface area contributed by atoms with Gasteiger partial charge in [0.15, 0.2) is 0 Å². The third-order valence-electron chi connectivity index (χ3n) is 1.47. The summed E-state index contributed by atoms with van der Waals surface area (Å²) >= 11 is 3.39. The minimum atomic E-state index is 0.936. The first-order valence-electron chi connectivity index (χ1n) is 4.78. The van der Waals surface area contributed by atoms with Crippen molar-refractivity contribution in [3.63, 3.8) is 0 Å². The summed E-state index contributed by atoms with van der Waals surface area (Å²) in [6, 6.07) is 8.02. The summed E-state index contributed by atoms with van der Waals surface area (Å²) < 4.78 is 1.08. The molecule has 0 saturated heterocycles. The molecule has 0 unspecified atom stereocenters. The van der Waals surface area contributed by atoms with Gasteiger partial charge >= 0.3 is 0 Å². The van der Waals surface area contributed by atoms with Crippen LogP contribution in [0.15, 0.2) is 35.3 Å². The van der Waals surface area contributed by atoms with Crippen molar-refractivity contribution < 1.29 is 0 Å². The van der Waals surface area contributed by atoms with Gasteiger partial charge in [-0.15, -0.1) is 0 Å². The lowest BCUT2D eigenvalue weighted by molar-refractivity contribution is 1.09. The van der Waals surface area contributed by atoms with E-state index in [1.807, 2.05) is 31.3 Å². The number of benzene rings is 1. The van der Waals surface area contributed by atoms with Crippen LogP contribution in [0, 0.1) is 0 Å². The molecule has 1 N–H and O–H groups in total. The molecule has 0 atom stereocenters. The van der Waals surface area contributed by atoms with E-state index < -0.39 is 0 Å². The number of nitrogens with one attached hydrogen (secondary N) is 1. The predicted molar refractivity (Wildman–Crippen MR) is 68.2 cm³/mol. The molecule has 1 rings (SSSR count). The maximum absolute atomic E-state index is 3.85. The zero-order valence-electron chi connectivity index (χ0n) is 9.10. The van der Waals surface area contributed by atoms with Crippen molar-refractivity contribution in [2.24, 2.45) is 0 Å². The zero-order chi connectivity index (χ0) is 11.0. The van der Waals surface area contributed by atoms with E-state index in [0.29, 0.717) is 0 Å². The van der Waals surface area contributed by atoms with Crippen LogP contribution in [-0.2, 0) is 0 Å². The molecule has 0 aliphatic heterocycles. The van der Waals surface area contributed by atoms with Gasteiger partial charge in [0.2, 0.25) is 0 Å². The minimum Gasteiger partial charge on any atom is -0.388 e. The summed E-state index contributed by atoms with van der Waals surface area (Å²) in [5.41, 5.74) is 2.05. The number of rotatable bonds is 2. The Labute approximate surface area is 95.4 Å². The summed E-state index contributed by atoms with van der Waals surface area (Å²) in [5, 5.41) is 2.99. The number of hydrogen-bond acceptors (Lipinski definition) is 1. The molecule has 0 amide bonds. The third kappa shape index (κ3) is 5.07. The molecule has 0 aliphatic rings. The highest BCUT2D eigenvalue weighted by atomic mass is 79.9. The molecule has 0 heterocycles. The summed E-state index contributed by atoms with van der Waals surface area (Å²) in [6.45, 7) is 8.10. The summed E-state index contributed by atoms with van der Waals surface area (Å²) in [5.74, 6) is 0. The van der Waals surface area contributed by atoms with Crippen LogP contribution in [0.4, 0.5) is 0 Å². The van der Waals surface area contributed by atoms with Gasteiger partial charge in [-0.3, -0.25) is 0 Å². The maximum atomic E-state index is 3.85. The quantitative estimate of drug-likeness (QED) is 0.841. The predicted octanol–water partition coefficient (Wildman–Crippen LogP) is 4.06. The van der Waals surface area contributed by atoms with Crippen molar-refractivity contribution >= 4 is 21.6 Å². The van der Waals surface area contributed by atoms with Gasteiger partial charge in [0.05, 0.1) is 0 Å². The van der Waals surface area contributed by atoms with E-state index in [-0.39, 0.29) is 0 Å². The van der Waals surface area contributed by atoms with Gasteiger partial charge in [0, 0.05) is 17.2 Å². The van der Waals surface area contributed by atoms with E-state index >= 15 is 0 Å². The first-order valence-corrected chi connectivity index (χ1v) is 5.57. The highest BCUT2D eigenvalue weighted by Crippen LogP contribution is 2.15. The topological polar surface area (TPSA) is 12.0 Å². The van der Waals surface area contributed by atoms with E-state index in [9.17, 15) is 0 Å². The Morgan fingerprint density at radius 1 is 1.43 bits per heavy atom. The molecule has 0 saturated carbocycles. The van der Waals surface area contributed by atoms with E-state index in [1.165, 1.54) is 6.42 Å². The molecule has 0 bridgehead atoms. The first kappa shape index (κ1) is 13.2.